The Hall–Kier alpha value is -2.11. The Morgan fingerprint density at radius 1 is 1.50 bits per heavy atom. The molecule has 0 N–H and O–H groups in total. The summed E-state index contributed by atoms with van der Waals surface area (Å²) in [5.74, 6) is 0.234. The minimum Gasteiger partial charge on any atom is -0.490 e. The third-order valence-corrected chi connectivity index (χ3v) is 3.18. The summed E-state index contributed by atoms with van der Waals surface area (Å²) in [5.41, 5.74) is 1.70. The number of benzene rings is 1. The highest BCUT2D eigenvalue weighted by atomic mass is 16.6. The van der Waals surface area contributed by atoms with Crippen molar-refractivity contribution in [2.24, 2.45) is 0 Å². The fourth-order valence-electron chi connectivity index (χ4n) is 2.23. The molecule has 0 spiro atoms. The molecule has 0 fully saturated rings. The van der Waals surface area contributed by atoms with Gasteiger partial charge < -0.3 is 9.64 Å². The molecule has 0 atom stereocenters. The second-order valence-electron chi connectivity index (χ2n) is 4.20. The first-order valence-electron chi connectivity index (χ1n) is 5.63. The molecule has 2 rings (SSSR count). The van der Waals surface area contributed by atoms with Gasteiger partial charge in [-0.1, -0.05) is 6.07 Å². The van der Waals surface area contributed by atoms with Crippen LogP contribution in [0.5, 0.6) is 5.75 Å². The summed E-state index contributed by atoms with van der Waals surface area (Å²) in [6.07, 6.45) is 0.698. The van der Waals surface area contributed by atoms with Crippen molar-refractivity contribution in [2.75, 3.05) is 13.7 Å². The van der Waals surface area contributed by atoms with Gasteiger partial charge in [0.1, 0.15) is 0 Å². The van der Waals surface area contributed by atoms with E-state index in [1.807, 2.05) is 0 Å². The second kappa shape index (κ2) is 4.64. The van der Waals surface area contributed by atoms with E-state index < -0.39 is 4.92 Å². The summed E-state index contributed by atoms with van der Waals surface area (Å²) in [6.45, 7) is 2.51. The average molecular weight is 250 g/mol. The zero-order chi connectivity index (χ0) is 13.3. The third kappa shape index (κ3) is 2.01. The minimum atomic E-state index is -0.466. The predicted molar refractivity (Wildman–Crippen MR) is 64.4 cm³/mol. The van der Waals surface area contributed by atoms with Crippen molar-refractivity contribution < 1.29 is 14.5 Å². The van der Waals surface area contributed by atoms with Gasteiger partial charge in [-0.05, 0) is 12.0 Å². The molecule has 6 nitrogen and oxygen atoms in total. The lowest BCUT2D eigenvalue weighted by Gasteiger charge is -2.28. The highest BCUT2D eigenvalue weighted by Crippen LogP contribution is 2.36. The van der Waals surface area contributed by atoms with E-state index in [0.29, 0.717) is 19.5 Å². The molecule has 1 aliphatic heterocycles. The monoisotopic (exact) mass is 250 g/mol. The molecule has 0 unspecified atom stereocenters. The molecule has 0 radical (unpaired) electrons. The van der Waals surface area contributed by atoms with Crippen LogP contribution in [-0.4, -0.2) is 29.4 Å². The number of hydrogen-bond donors (Lipinski definition) is 0. The number of ether oxygens (including phenoxy) is 1. The maximum atomic E-state index is 11.4. The van der Waals surface area contributed by atoms with Gasteiger partial charge in [0.25, 0.3) is 0 Å². The van der Waals surface area contributed by atoms with Gasteiger partial charge in [0, 0.05) is 31.6 Å². The Morgan fingerprint density at radius 3 is 2.78 bits per heavy atom. The molecule has 0 aliphatic carbocycles. The van der Waals surface area contributed by atoms with Crippen molar-refractivity contribution in [1.82, 2.24) is 4.90 Å². The molecule has 1 heterocycles. The molecule has 0 saturated heterocycles. The summed E-state index contributed by atoms with van der Waals surface area (Å²) in [6, 6.07) is 3.20. The number of rotatable bonds is 2. The van der Waals surface area contributed by atoms with Gasteiger partial charge in [0.05, 0.1) is 12.0 Å². The lowest BCUT2D eigenvalue weighted by Crippen LogP contribution is -2.34. The zero-order valence-corrected chi connectivity index (χ0v) is 10.3. The molecule has 0 aromatic heterocycles. The van der Waals surface area contributed by atoms with Crippen molar-refractivity contribution >= 4 is 11.6 Å². The molecule has 18 heavy (non-hydrogen) atoms. The van der Waals surface area contributed by atoms with Gasteiger partial charge in [-0.3, -0.25) is 14.9 Å². The maximum absolute atomic E-state index is 11.4. The first-order chi connectivity index (χ1) is 8.54. The number of nitro groups is 1. The number of carbonyl (C=O) groups excluding carboxylic acids is 1. The Bertz CT molecular complexity index is 513. The van der Waals surface area contributed by atoms with Crippen LogP contribution in [0.25, 0.3) is 0 Å². The van der Waals surface area contributed by atoms with Gasteiger partial charge >= 0.3 is 5.69 Å². The second-order valence-corrected chi connectivity index (χ2v) is 4.20. The Kier molecular flexibility index (Phi) is 3.18. The summed E-state index contributed by atoms with van der Waals surface area (Å²) < 4.78 is 5.15. The summed E-state index contributed by atoms with van der Waals surface area (Å²) in [5, 5.41) is 10.9. The van der Waals surface area contributed by atoms with E-state index in [-0.39, 0.29) is 17.3 Å². The van der Waals surface area contributed by atoms with E-state index in [0.717, 1.165) is 11.1 Å². The fraction of sp³-hybridized carbons (Fsp3) is 0.417. The van der Waals surface area contributed by atoms with Crippen LogP contribution >= 0.6 is 0 Å². The molecule has 0 bridgehead atoms. The Balaban J connectivity index is 2.49. The number of nitro benzene ring substituents is 1. The number of amides is 1. The van der Waals surface area contributed by atoms with Gasteiger partial charge in [-0.15, -0.1) is 0 Å². The molecular formula is C12H14N2O4. The normalized spacial score (nSPS) is 14.0. The first-order valence-corrected chi connectivity index (χ1v) is 5.63. The van der Waals surface area contributed by atoms with Crippen LogP contribution in [0.2, 0.25) is 0 Å². The SMILES string of the molecule is COc1c([N+](=O)[O-])ccc2c1CN(C(C)=O)CC2. The van der Waals surface area contributed by atoms with Gasteiger partial charge in [0.15, 0.2) is 0 Å². The van der Waals surface area contributed by atoms with Crippen LogP contribution in [0.15, 0.2) is 12.1 Å². The van der Waals surface area contributed by atoms with Crippen molar-refractivity contribution in [2.45, 2.75) is 19.9 Å². The van der Waals surface area contributed by atoms with E-state index in [1.54, 1.807) is 11.0 Å². The maximum Gasteiger partial charge on any atom is 0.311 e. The highest BCUT2D eigenvalue weighted by Gasteiger charge is 2.27. The summed E-state index contributed by atoms with van der Waals surface area (Å²) in [7, 11) is 1.41. The topological polar surface area (TPSA) is 72.7 Å². The van der Waals surface area contributed by atoms with Crippen LogP contribution in [0.4, 0.5) is 5.69 Å². The standard InChI is InChI=1S/C12H14N2O4/c1-8(15)13-6-5-9-3-4-11(14(16)17)12(18-2)10(9)7-13/h3-4H,5-7H2,1-2H3. The van der Waals surface area contributed by atoms with Crippen LogP contribution in [-0.2, 0) is 17.8 Å². The molecule has 1 amide bonds. The summed E-state index contributed by atoms with van der Waals surface area (Å²) >= 11 is 0. The van der Waals surface area contributed by atoms with E-state index in [1.165, 1.54) is 20.1 Å². The van der Waals surface area contributed by atoms with Crippen molar-refractivity contribution in [1.29, 1.82) is 0 Å². The lowest BCUT2D eigenvalue weighted by atomic mass is 9.98. The van der Waals surface area contributed by atoms with Crippen molar-refractivity contribution in [3.05, 3.63) is 33.4 Å². The molecule has 1 aliphatic rings. The first kappa shape index (κ1) is 12.3. The number of hydrogen-bond acceptors (Lipinski definition) is 4. The van der Waals surface area contributed by atoms with Crippen LogP contribution in [0.1, 0.15) is 18.1 Å². The largest absolute Gasteiger partial charge is 0.490 e. The quantitative estimate of drug-likeness (QED) is 0.589. The number of carbonyl (C=O) groups is 1. The van der Waals surface area contributed by atoms with Crippen molar-refractivity contribution in [3.8, 4) is 5.75 Å². The zero-order valence-electron chi connectivity index (χ0n) is 10.3. The van der Waals surface area contributed by atoms with Gasteiger partial charge in [-0.2, -0.15) is 0 Å². The van der Waals surface area contributed by atoms with Gasteiger partial charge in [0.2, 0.25) is 11.7 Å². The fourth-order valence-corrected chi connectivity index (χ4v) is 2.23. The van der Waals surface area contributed by atoms with E-state index >= 15 is 0 Å². The molecule has 1 aromatic rings. The van der Waals surface area contributed by atoms with Crippen LogP contribution < -0.4 is 4.74 Å². The summed E-state index contributed by atoms with van der Waals surface area (Å²) in [4.78, 5) is 23.5. The third-order valence-electron chi connectivity index (χ3n) is 3.18. The number of fused-ring (bicyclic) bond motifs is 1. The van der Waals surface area contributed by atoms with Crippen LogP contribution in [0, 0.1) is 10.1 Å². The van der Waals surface area contributed by atoms with Crippen molar-refractivity contribution in [3.63, 3.8) is 0 Å². The molecular weight excluding hydrogens is 236 g/mol. The number of nitrogens with zero attached hydrogens (tertiary/aromatic N) is 2. The predicted octanol–water partition coefficient (Wildman–Crippen LogP) is 1.51. The molecule has 0 saturated carbocycles. The highest BCUT2D eigenvalue weighted by molar-refractivity contribution is 5.74. The Labute approximate surface area is 104 Å². The molecule has 96 valence electrons. The Morgan fingerprint density at radius 2 is 2.22 bits per heavy atom. The van der Waals surface area contributed by atoms with E-state index in [2.05, 4.69) is 0 Å². The van der Waals surface area contributed by atoms with E-state index in [9.17, 15) is 14.9 Å². The lowest BCUT2D eigenvalue weighted by molar-refractivity contribution is -0.385. The number of methoxy groups -OCH3 is 1. The van der Waals surface area contributed by atoms with E-state index in [4.69, 9.17) is 4.74 Å². The van der Waals surface area contributed by atoms with Gasteiger partial charge in [-0.25, -0.2) is 0 Å². The molecule has 1 aromatic carbocycles. The average Bonchev–Trinajstić information content (AvgIpc) is 2.36. The molecule has 6 heteroatoms. The minimum absolute atomic E-state index is 0.0331. The van der Waals surface area contributed by atoms with Crippen LogP contribution in [0.3, 0.4) is 0 Å². The smallest absolute Gasteiger partial charge is 0.311 e.